The second-order valence-corrected chi connectivity index (χ2v) is 4.58. The smallest absolute Gasteiger partial charge is 0.341 e. The van der Waals surface area contributed by atoms with Crippen LogP contribution in [0, 0.1) is 0 Å². The summed E-state index contributed by atoms with van der Waals surface area (Å²) in [6.07, 6.45) is -3.43. The normalized spacial score (nSPS) is 14.6. The van der Waals surface area contributed by atoms with Gasteiger partial charge in [0.2, 0.25) is 0 Å². The first-order chi connectivity index (χ1) is 9.05. The van der Waals surface area contributed by atoms with Gasteiger partial charge < -0.3 is 4.90 Å². The molecule has 0 aromatic heterocycles. The van der Waals surface area contributed by atoms with Gasteiger partial charge >= 0.3 is 6.18 Å². The largest absolute Gasteiger partial charge is 0.416 e. The van der Waals surface area contributed by atoms with Gasteiger partial charge in [-0.3, -0.25) is 0 Å². The molecule has 0 N–H and O–H groups in total. The summed E-state index contributed by atoms with van der Waals surface area (Å²) in [4.78, 5) is 1.94. The van der Waals surface area contributed by atoms with E-state index in [1.807, 2.05) is 29.2 Å². The molecule has 0 unspecified atom stereocenters. The van der Waals surface area contributed by atoms with E-state index in [1.54, 1.807) is 6.07 Å². The van der Waals surface area contributed by atoms with Gasteiger partial charge in [0.05, 0.1) is 5.56 Å². The van der Waals surface area contributed by atoms with Gasteiger partial charge in [0.25, 0.3) is 0 Å². The van der Waals surface area contributed by atoms with E-state index in [0.717, 1.165) is 24.7 Å². The number of para-hydroxylation sites is 1. The van der Waals surface area contributed by atoms with E-state index >= 15 is 0 Å². The van der Waals surface area contributed by atoms with Crippen LogP contribution in [0.5, 0.6) is 0 Å². The summed E-state index contributed by atoms with van der Waals surface area (Å²) < 4.78 is 38.2. The molecule has 19 heavy (non-hydrogen) atoms. The molecule has 0 saturated carbocycles. The van der Waals surface area contributed by atoms with Crippen LogP contribution in [-0.4, -0.2) is 6.54 Å². The predicted molar refractivity (Wildman–Crippen MR) is 68.6 cm³/mol. The van der Waals surface area contributed by atoms with E-state index in [0.29, 0.717) is 5.69 Å². The first-order valence-electron chi connectivity index (χ1n) is 6.08. The van der Waals surface area contributed by atoms with E-state index in [1.165, 1.54) is 17.7 Å². The molecule has 1 aliphatic heterocycles. The Hall–Kier alpha value is -1.97. The standard InChI is InChI=1S/C15H12F3N/c16-15(17,18)12-5-3-6-13(10-12)19-9-8-11-4-1-2-7-14(11)19/h1-7,10H,8-9H2. The number of hydrogen-bond acceptors (Lipinski definition) is 1. The van der Waals surface area contributed by atoms with E-state index < -0.39 is 11.7 Å². The maximum Gasteiger partial charge on any atom is 0.416 e. The van der Waals surface area contributed by atoms with Crippen molar-refractivity contribution in [2.24, 2.45) is 0 Å². The van der Waals surface area contributed by atoms with Gasteiger partial charge in [-0.1, -0.05) is 24.3 Å². The van der Waals surface area contributed by atoms with Gasteiger partial charge in [0.1, 0.15) is 0 Å². The predicted octanol–water partition coefficient (Wildman–Crippen LogP) is 4.40. The van der Waals surface area contributed by atoms with Crippen molar-refractivity contribution in [1.29, 1.82) is 0 Å². The van der Waals surface area contributed by atoms with Crippen molar-refractivity contribution in [3.8, 4) is 0 Å². The third kappa shape index (κ3) is 2.18. The lowest BCUT2D eigenvalue weighted by Gasteiger charge is -2.20. The highest BCUT2D eigenvalue weighted by Crippen LogP contribution is 2.37. The fraction of sp³-hybridized carbons (Fsp3) is 0.200. The molecule has 0 radical (unpaired) electrons. The Morgan fingerprint density at radius 3 is 2.53 bits per heavy atom. The summed E-state index contributed by atoms with van der Waals surface area (Å²) in [5, 5.41) is 0. The lowest BCUT2D eigenvalue weighted by molar-refractivity contribution is -0.137. The van der Waals surface area contributed by atoms with Crippen LogP contribution in [-0.2, 0) is 12.6 Å². The van der Waals surface area contributed by atoms with Crippen molar-refractivity contribution in [2.75, 3.05) is 11.4 Å². The first-order valence-corrected chi connectivity index (χ1v) is 6.08. The Morgan fingerprint density at radius 2 is 1.74 bits per heavy atom. The van der Waals surface area contributed by atoms with Gasteiger partial charge in [-0.15, -0.1) is 0 Å². The van der Waals surface area contributed by atoms with Crippen molar-refractivity contribution in [3.05, 3.63) is 59.7 Å². The SMILES string of the molecule is FC(F)(F)c1cccc(N2CCc3ccccc32)c1. The lowest BCUT2D eigenvalue weighted by Crippen LogP contribution is -2.14. The molecular formula is C15H12F3N. The number of rotatable bonds is 1. The van der Waals surface area contributed by atoms with Gasteiger partial charge in [-0.2, -0.15) is 13.2 Å². The summed E-state index contributed by atoms with van der Waals surface area (Å²) >= 11 is 0. The number of fused-ring (bicyclic) bond motifs is 1. The minimum atomic E-state index is -4.30. The molecule has 2 aromatic carbocycles. The van der Waals surface area contributed by atoms with Crippen LogP contribution >= 0.6 is 0 Å². The van der Waals surface area contributed by atoms with Crippen LogP contribution in [0.2, 0.25) is 0 Å². The fourth-order valence-electron chi connectivity index (χ4n) is 2.46. The Bertz CT molecular complexity index is 604. The minimum Gasteiger partial charge on any atom is -0.341 e. The zero-order valence-corrected chi connectivity index (χ0v) is 10.1. The Labute approximate surface area is 109 Å². The van der Waals surface area contributed by atoms with Crippen molar-refractivity contribution < 1.29 is 13.2 Å². The molecule has 0 bridgehead atoms. The number of alkyl halides is 3. The fourth-order valence-corrected chi connectivity index (χ4v) is 2.46. The molecule has 3 rings (SSSR count). The molecule has 0 aliphatic carbocycles. The summed E-state index contributed by atoms with van der Waals surface area (Å²) in [5.41, 5.74) is 2.18. The average Bonchev–Trinajstić information content (AvgIpc) is 2.82. The van der Waals surface area contributed by atoms with Crippen LogP contribution in [0.3, 0.4) is 0 Å². The molecule has 0 saturated heterocycles. The molecule has 0 spiro atoms. The van der Waals surface area contributed by atoms with Gasteiger partial charge in [0.15, 0.2) is 0 Å². The Balaban J connectivity index is 2.01. The molecule has 1 aliphatic rings. The van der Waals surface area contributed by atoms with E-state index in [4.69, 9.17) is 0 Å². The van der Waals surface area contributed by atoms with Crippen LogP contribution in [0.25, 0.3) is 0 Å². The molecule has 98 valence electrons. The molecule has 0 amide bonds. The quantitative estimate of drug-likeness (QED) is 0.737. The maximum atomic E-state index is 12.7. The van der Waals surface area contributed by atoms with E-state index in [9.17, 15) is 13.2 Å². The molecule has 2 aromatic rings. The Kier molecular flexibility index (Phi) is 2.73. The van der Waals surface area contributed by atoms with Crippen molar-refractivity contribution in [1.82, 2.24) is 0 Å². The maximum absolute atomic E-state index is 12.7. The van der Waals surface area contributed by atoms with Crippen molar-refractivity contribution >= 4 is 11.4 Å². The van der Waals surface area contributed by atoms with Crippen LogP contribution in [0.15, 0.2) is 48.5 Å². The zero-order chi connectivity index (χ0) is 13.5. The number of benzene rings is 2. The molecule has 4 heteroatoms. The monoisotopic (exact) mass is 263 g/mol. The summed E-state index contributed by atoms with van der Waals surface area (Å²) in [6, 6.07) is 13.3. The number of hydrogen-bond donors (Lipinski definition) is 0. The minimum absolute atomic E-state index is 0.597. The molecular weight excluding hydrogens is 251 g/mol. The van der Waals surface area contributed by atoms with E-state index in [2.05, 4.69) is 0 Å². The van der Waals surface area contributed by atoms with Crippen molar-refractivity contribution in [3.63, 3.8) is 0 Å². The highest BCUT2D eigenvalue weighted by molar-refractivity contribution is 5.70. The second kappa shape index (κ2) is 4.30. The second-order valence-electron chi connectivity index (χ2n) is 4.58. The lowest BCUT2D eigenvalue weighted by atomic mass is 10.1. The summed E-state index contributed by atoms with van der Waals surface area (Å²) in [6.45, 7) is 0.723. The van der Waals surface area contributed by atoms with Crippen LogP contribution < -0.4 is 4.90 Å². The third-order valence-corrected chi connectivity index (χ3v) is 3.37. The number of anilines is 2. The highest BCUT2D eigenvalue weighted by Gasteiger charge is 2.31. The van der Waals surface area contributed by atoms with Gasteiger partial charge in [0, 0.05) is 17.9 Å². The van der Waals surface area contributed by atoms with Crippen LogP contribution in [0.1, 0.15) is 11.1 Å². The number of halogens is 3. The summed E-state index contributed by atoms with van der Waals surface area (Å²) in [5.74, 6) is 0. The van der Waals surface area contributed by atoms with Gasteiger partial charge in [-0.25, -0.2) is 0 Å². The molecule has 0 fully saturated rings. The Morgan fingerprint density at radius 1 is 0.947 bits per heavy atom. The molecule has 1 nitrogen and oxygen atoms in total. The molecule has 1 heterocycles. The first kappa shape index (κ1) is 12.1. The topological polar surface area (TPSA) is 3.24 Å². The molecule has 0 atom stereocenters. The summed E-state index contributed by atoms with van der Waals surface area (Å²) in [7, 11) is 0. The number of nitrogens with zero attached hydrogens (tertiary/aromatic N) is 1. The zero-order valence-electron chi connectivity index (χ0n) is 10.1. The van der Waals surface area contributed by atoms with Crippen LogP contribution in [0.4, 0.5) is 24.5 Å². The third-order valence-electron chi connectivity index (χ3n) is 3.37. The average molecular weight is 263 g/mol. The van der Waals surface area contributed by atoms with E-state index in [-0.39, 0.29) is 0 Å². The van der Waals surface area contributed by atoms with Crippen molar-refractivity contribution in [2.45, 2.75) is 12.6 Å². The van der Waals surface area contributed by atoms with Gasteiger partial charge in [-0.05, 0) is 36.2 Å². The highest BCUT2D eigenvalue weighted by atomic mass is 19.4.